The van der Waals surface area contributed by atoms with Gasteiger partial charge >= 0.3 is 0 Å². The van der Waals surface area contributed by atoms with Crippen molar-refractivity contribution in [1.82, 2.24) is 14.8 Å². The van der Waals surface area contributed by atoms with Crippen molar-refractivity contribution in [3.05, 3.63) is 93.7 Å². The third-order valence-corrected chi connectivity index (χ3v) is 4.79. The quantitative estimate of drug-likeness (QED) is 0.291. The Labute approximate surface area is 182 Å². The van der Waals surface area contributed by atoms with Crippen molar-refractivity contribution in [3.8, 4) is 11.9 Å². The molecular formula is C23H16N6O3. The number of nitro benzene ring substituents is 1. The lowest BCUT2D eigenvalue weighted by molar-refractivity contribution is -0.384. The predicted octanol–water partition coefficient (Wildman–Crippen LogP) is 4.16. The molecule has 0 saturated heterocycles. The number of non-ortho nitro benzene ring substituents is 1. The van der Waals surface area contributed by atoms with E-state index in [9.17, 15) is 20.2 Å². The largest absolute Gasteiger partial charge is 0.306 e. The predicted molar refractivity (Wildman–Crippen MR) is 119 cm³/mol. The van der Waals surface area contributed by atoms with Crippen LogP contribution in [0.4, 0.5) is 11.5 Å². The van der Waals surface area contributed by atoms with E-state index in [1.54, 1.807) is 0 Å². The minimum absolute atomic E-state index is 0.0349. The van der Waals surface area contributed by atoms with Gasteiger partial charge in [-0.3, -0.25) is 14.9 Å². The second-order valence-corrected chi connectivity index (χ2v) is 6.92. The minimum Gasteiger partial charge on any atom is -0.306 e. The van der Waals surface area contributed by atoms with Crippen LogP contribution in [0.25, 0.3) is 22.8 Å². The second kappa shape index (κ2) is 8.49. The summed E-state index contributed by atoms with van der Waals surface area (Å²) in [6, 6.07) is 17.3. The van der Waals surface area contributed by atoms with E-state index < -0.39 is 10.8 Å². The molecule has 0 radical (unpaired) electrons. The first-order chi connectivity index (χ1) is 15.5. The Hall–Kier alpha value is -4.84. The zero-order valence-corrected chi connectivity index (χ0v) is 16.9. The molecular weight excluding hydrogens is 408 g/mol. The number of para-hydroxylation sites is 1. The molecule has 0 unspecified atom stereocenters. The van der Waals surface area contributed by atoms with E-state index in [0.29, 0.717) is 11.4 Å². The smallest absolute Gasteiger partial charge is 0.269 e. The summed E-state index contributed by atoms with van der Waals surface area (Å²) in [6.45, 7) is 1.95. The number of aryl methyl sites for hydroxylation is 1. The molecule has 0 saturated carbocycles. The van der Waals surface area contributed by atoms with Crippen LogP contribution in [0.1, 0.15) is 16.7 Å². The Balaban J connectivity index is 1.62. The molecule has 0 aliphatic carbocycles. The first-order valence-corrected chi connectivity index (χ1v) is 9.54. The third kappa shape index (κ3) is 4.06. The van der Waals surface area contributed by atoms with Crippen molar-refractivity contribution < 1.29 is 9.72 Å². The fraction of sp³-hybridized carbons (Fsp3) is 0.0435. The van der Waals surface area contributed by atoms with Crippen molar-refractivity contribution in [2.24, 2.45) is 0 Å². The Morgan fingerprint density at radius 2 is 1.97 bits per heavy atom. The van der Waals surface area contributed by atoms with Gasteiger partial charge in [-0.2, -0.15) is 15.0 Å². The number of benzene rings is 2. The molecule has 4 rings (SSSR count). The number of hydrogen-bond acceptors (Lipinski definition) is 6. The van der Waals surface area contributed by atoms with Gasteiger partial charge in [0, 0.05) is 23.6 Å². The maximum atomic E-state index is 12.5. The van der Waals surface area contributed by atoms with Crippen molar-refractivity contribution in [3.63, 3.8) is 0 Å². The van der Waals surface area contributed by atoms with Crippen LogP contribution in [0.3, 0.4) is 0 Å². The summed E-state index contributed by atoms with van der Waals surface area (Å²) in [5.41, 5.74) is 2.52. The van der Waals surface area contributed by atoms with Crippen LogP contribution in [0, 0.1) is 28.4 Å². The summed E-state index contributed by atoms with van der Waals surface area (Å²) >= 11 is 0. The number of nitriles is 1. The number of anilines is 1. The Morgan fingerprint density at radius 3 is 2.69 bits per heavy atom. The zero-order chi connectivity index (χ0) is 22.7. The van der Waals surface area contributed by atoms with E-state index in [1.807, 2.05) is 43.3 Å². The summed E-state index contributed by atoms with van der Waals surface area (Å²) in [5.74, 6) is 0.185. The van der Waals surface area contributed by atoms with Gasteiger partial charge in [-0.25, -0.2) is 4.98 Å². The highest BCUT2D eigenvalue weighted by Gasteiger charge is 2.16. The molecule has 1 N–H and O–H groups in total. The molecule has 0 fully saturated rings. The van der Waals surface area contributed by atoms with Crippen LogP contribution < -0.4 is 5.32 Å². The Bertz CT molecular complexity index is 1410. The lowest BCUT2D eigenvalue weighted by Crippen LogP contribution is -2.14. The molecule has 0 aliphatic heterocycles. The van der Waals surface area contributed by atoms with Gasteiger partial charge in [-0.15, -0.1) is 0 Å². The molecule has 1 amide bonds. The molecule has 32 heavy (non-hydrogen) atoms. The highest BCUT2D eigenvalue weighted by molar-refractivity contribution is 6.02. The number of rotatable bonds is 5. The second-order valence-electron chi connectivity index (χ2n) is 6.92. The highest BCUT2D eigenvalue weighted by atomic mass is 16.6. The Morgan fingerprint density at radius 1 is 1.22 bits per heavy atom. The van der Waals surface area contributed by atoms with Gasteiger partial charge < -0.3 is 5.32 Å². The number of carbonyl (C=O) groups excluding carboxylic acids is 1. The zero-order valence-electron chi connectivity index (χ0n) is 16.9. The number of nitro groups is 1. The lowest BCUT2D eigenvalue weighted by Gasteiger charge is -2.10. The molecule has 0 aliphatic rings. The fourth-order valence-electron chi connectivity index (χ4n) is 3.20. The van der Waals surface area contributed by atoms with Gasteiger partial charge in [0.1, 0.15) is 11.6 Å². The van der Waals surface area contributed by atoms with Crippen LogP contribution >= 0.6 is 0 Å². The number of aromatic nitrogens is 3. The van der Waals surface area contributed by atoms with Crippen LogP contribution in [-0.2, 0) is 4.79 Å². The minimum atomic E-state index is -0.493. The number of amides is 1. The first-order valence-electron chi connectivity index (χ1n) is 9.54. The van der Waals surface area contributed by atoms with Gasteiger partial charge in [0.2, 0.25) is 5.91 Å². The standard InChI is InChI=1S/C23H16N6O3/c1-15-12-21(26-20-5-3-2-4-19(15)20)28-23(17(13-24)14-25-28)27-22(30)11-8-16-6-9-18(10-7-16)29(31)32/h2-12,14H,1H3,(H,27,30)/b11-8+. The Kier molecular flexibility index (Phi) is 5.42. The molecule has 9 nitrogen and oxygen atoms in total. The normalized spacial score (nSPS) is 10.9. The third-order valence-electron chi connectivity index (χ3n) is 4.79. The molecule has 2 heterocycles. The van der Waals surface area contributed by atoms with Gasteiger partial charge in [0.05, 0.1) is 16.6 Å². The van der Waals surface area contributed by atoms with Crippen LogP contribution in [0.5, 0.6) is 0 Å². The van der Waals surface area contributed by atoms with Crippen LogP contribution in [0.15, 0.2) is 66.9 Å². The van der Waals surface area contributed by atoms with Gasteiger partial charge in [-0.05, 0) is 48.4 Å². The number of pyridine rings is 1. The first kappa shape index (κ1) is 20.4. The number of carbonyl (C=O) groups is 1. The van der Waals surface area contributed by atoms with Crippen molar-refractivity contribution in [1.29, 1.82) is 5.26 Å². The molecule has 0 spiro atoms. The van der Waals surface area contributed by atoms with Gasteiger partial charge in [0.25, 0.3) is 5.69 Å². The van der Waals surface area contributed by atoms with E-state index in [4.69, 9.17) is 0 Å². The molecule has 0 atom stereocenters. The number of fused-ring (bicyclic) bond motifs is 1. The van der Waals surface area contributed by atoms with E-state index in [2.05, 4.69) is 15.4 Å². The number of hydrogen-bond donors (Lipinski definition) is 1. The molecule has 2 aromatic carbocycles. The number of nitrogens with zero attached hydrogens (tertiary/aromatic N) is 5. The lowest BCUT2D eigenvalue weighted by atomic mass is 10.1. The van der Waals surface area contributed by atoms with Gasteiger partial charge in [-0.1, -0.05) is 18.2 Å². The summed E-state index contributed by atoms with van der Waals surface area (Å²) in [7, 11) is 0. The average Bonchev–Trinajstić information content (AvgIpc) is 3.20. The summed E-state index contributed by atoms with van der Waals surface area (Å²) in [5, 5.41) is 28.1. The van der Waals surface area contributed by atoms with Crippen LogP contribution in [0.2, 0.25) is 0 Å². The van der Waals surface area contributed by atoms with E-state index in [0.717, 1.165) is 16.5 Å². The maximum Gasteiger partial charge on any atom is 0.269 e. The topological polar surface area (TPSA) is 127 Å². The monoisotopic (exact) mass is 424 g/mol. The number of nitrogens with one attached hydrogen (secondary N) is 1. The van der Waals surface area contributed by atoms with Gasteiger partial charge in [0.15, 0.2) is 11.6 Å². The van der Waals surface area contributed by atoms with E-state index in [-0.39, 0.29) is 17.1 Å². The molecule has 2 aromatic heterocycles. The molecule has 4 aromatic rings. The summed E-state index contributed by atoms with van der Waals surface area (Å²) in [4.78, 5) is 27.4. The highest BCUT2D eigenvalue weighted by Crippen LogP contribution is 2.23. The average molecular weight is 424 g/mol. The van der Waals surface area contributed by atoms with Crippen molar-refractivity contribution >= 4 is 34.4 Å². The summed E-state index contributed by atoms with van der Waals surface area (Å²) in [6.07, 6.45) is 4.16. The van der Waals surface area contributed by atoms with Crippen molar-refractivity contribution in [2.75, 3.05) is 5.32 Å². The van der Waals surface area contributed by atoms with E-state index >= 15 is 0 Å². The SMILES string of the molecule is Cc1cc(-n2ncc(C#N)c2NC(=O)/C=C/c2ccc([N+](=O)[O-])cc2)nc2ccccc12. The summed E-state index contributed by atoms with van der Waals surface area (Å²) < 4.78 is 1.41. The van der Waals surface area contributed by atoms with E-state index in [1.165, 1.54) is 47.3 Å². The van der Waals surface area contributed by atoms with Crippen molar-refractivity contribution in [2.45, 2.75) is 6.92 Å². The molecule has 156 valence electrons. The molecule has 9 heteroatoms. The molecule has 0 bridgehead atoms. The van der Waals surface area contributed by atoms with Crippen LogP contribution in [-0.4, -0.2) is 25.6 Å². The fourth-order valence-corrected chi connectivity index (χ4v) is 3.20. The maximum absolute atomic E-state index is 12.5.